The zero-order valence-corrected chi connectivity index (χ0v) is 11.5. The van der Waals surface area contributed by atoms with Gasteiger partial charge in [-0.2, -0.15) is 0 Å². The second-order valence-electron chi connectivity index (χ2n) is 3.60. The first kappa shape index (κ1) is 14.1. The number of ether oxygens (including phenoxy) is 1. The summed E-state index contributed by atoms with van der Waals surface area (Å²) in [7, 11) is 1.52. The van der Waals surface area contributed by atoms with Gasteiger partial charge in [-0.3, -0.25) is 4.79 Å². The van der Waals surface area contributed by atoms with Gasteiger partial charge in [0.25, 0.3) is 11.8 Å². The highest BCUT2D eigenvalue weighted by Gasteiger charge is 2.22. The largest absolute Gasteiger partial charge is 0.496 e. The highest BCUT2D eigenvalue weighted by molar-refractivity contribution is 14.1. The van der Waals surface area contributed by atoms with Crippen LogP contribution in [-0.2, 0) is 0 Å². The van der Waals surface area contributed by atoms with E-state index in [2.05, 4.69) is 5.32 Å². The average molecular weight is 355 g/mol. The van der Waals surface area contributed by atoms with Gasteiger partial charge >= 0.3 is 0 Å². The molecule has 0 saturated carbocycles. The molecule has 0 aromatic heterocycles. The van der Waals surface area contributed by atoms with Crippen molar-refractivity contribution in [2.24, 2.45) is 0 Å². The average Bonchev–Trinajstić information content (AvgIpc) is 2.24. The Morgan fingerprint density at radius 2 is 2.18 bits per heavy atom. The number of hydrogen-bond donors (Lipinski definition) is 1. The van der Waals surface area contributed by atoms with E-state index < -0.39 is 18.4 Å². The highest BCUT2D eigenvalue weighted by Crippen LogP contribution is 2.21. The van der Waals surface area contributed by atoms with E-state index in [4.69, 9.17) is 4.74 Å². The van der Waals surface area contributed by atoms with Gasteiger partial charge in [0.1, 0.15) is 5.75 Å². The molecule has 94 valence electrons. The van der Waals surface area contributed by atoms with Crippen molar-refractivity contribution in [1.82, 2.24) is 5.32 Å². The van der Waals surface area contributed by atoms with Crippen LogP contribution < -0.4 is 10.1 Å². The lowest BCUT2D eigenvalue weighted by atomic mass is 10.2. The molecule has 1 aromatic rings. The van der Waals surface area contributed by atoms with Crippen LogP contribution in [0, 0.1) is 3.57 Å². The number of carbonyl (C=O) groups is 1. The minimum Gasteiger partial charge on any atom is -0.496 e. The fourth-order valence-corrected chi connectivity index (χ4v) is 1.88. The van der Waals surface area contributed by atoms with Crippen molar-refractivity contribution in [3.8, 4) is 5.75 Å². The van der Waals surface area contributed by atoms with Crippen LogP contribution in [0.15, 0.2) is 18.2 Å². The van der Waals surface area contributed by atoms with Gasteiger partial charge < -0.3 is 10.1 Å². The molecular formula is C11H12F2INO2. The molecule has 3 nitrogen and oxygen atoms in total. The topological polar surface area (TPSA) is 38.3 Å². The number of halogens is 3. The maximum atomic E-state index is 12.6. The minimum atomic E-state index is -2.91. The first-order valence-electron chi connectivity index (χ1n) is 4.83. The highest BCUT2D eigenvalue weighted by atomic mass is 127. The van der Waals surface area contributed by atoms with Crippen LogP contribution in [0.1, 0.15) is 17.3 Å². The summed E-state index contributed by atoms with van der Waals surface area (Å²) < 4.78 is 30.9. The van der Waals surface area contributed by atoms with Crippen LogP contribution in [0.25, 0.3) is 0 Å². The van der Waals surface area contributed by atoms with Crippen molar-refractivity contribution < 1.29 is 18.3 Å². The van der Waals surface area contributed by atoms with Crippen LogP contribution in [0.3, 0.4) is 0 Å². The van der Waals surface area contributed by atoms with Crippen molar-refractivity contribution >= 4 is 28.5 Å². The molecule has 0 aliphatic rings. The Balaban J connectivity index is 2.73. The first-order chi connectivity index (χ1) is 7.83. The summed E-state index contributed by atoms with van der Waals surface area (Å²) in [6, 6.07) is 4.74. The molecule has 0 heterocycles. The molecule has 0 fully saturated rings. The van der Waals surface area contributed by atoms with Gasteiger partial charge in [0, 0.05) is 12.5 Å². The van der Waals surface area contributed by atoms with E-state index in [9.17, 15) is 13.6 Å². The lowest BCUT2D eigenvalue weighted by Crippen LogP contribution is -2.34. The molecule has 0 aliphatic carbocycles. The quantitative estimate of drug-likeness (QED) is 0.844. The van der Waals surface area contributed by atoms with Crippen LogP contribution in [0.2, 0.25) is 0 Å². The molecule has 0 bridgehead atoms. The molecule has 1 rings (SSSR count). The summed E-state index contributed by atoms with van der Waals surface area (Å²) in [6.45, 7) is 0.0828. The predicted octanol–water partition coefficient (Wildman–Crippen LogP) is 2.68. The molecule has 0 saturated heterocycles. The van der Waals surface area contributed by atoms with Gasteiger partial charge in [-0.05, 0) is 40.8 Å². The maximum Gasteiger partial charge on any atom is 0.262 e. The monoisotopic (exact) mass is 355 g/mol. The Hall–Kier alpha value is -0.920. The number of amides is 1. The number of alkyl halides is 2. The fraction of sp³-hybridized carbons (Fsp3) is 0.364. The lowest BCUT2D eigenvalue weighted by molar-refractivity contribution is 0.0221. The molecular weight excluding hydrogens is 343 g/mol. The van der Waals surface area contributed by atoms with Crippen molar-refractivity contribution in [1.29, 1.82) is 0 Å². The minimum absolute atomic E-state index is 0.333. The Labute approximate surface area is 112 Å². The normalized spacial score (nSPS) is 11.1. The third-order valence-corrected chi connectivity index (χ3v) is 2.82. The van der Waals surface area contributed by atoms with Crippen molar-refractivity contribution in [2.45, 2.75) is 12.8 Å². The number of hydrogen-bond acceptors (Lipinski definition) is 2. The zero-order chi connectivity index (χ0) is 13.1. The van der Waals surface area contributed by atoms with E-state index >= 15 is 0 Å². The third-order valence-electron chi connectivity index (χ3n) is 1.97. The Morgan fingerprint density at radius 3 is 2.65 bits per heavy atom. The van der Waals surface area contributed by atoms with Crippen LogP contribution >= 0.6 is 22.6 Å². The van der Waals surface area contributed by atoms with Gasteiger partial charge in [0.2, 0.25) is 0 Å². The fourth-order valence-electron chi connectivity index (χ4n) is 1.15. The predicted molar refractivity (Wildman–Crippen MR) is 68.7 cm³/mol. The zero-order valence-electron chi connectivity index (χ0n) is 9.39. The Bertz CT molecular complexity index is 418. The number of rotatable bonds is 4. The van der Waals surface area contributed by atoms with Gasteiger partial charge in [-0.1, -0.05) is 0 Å². The van der Waals surface area contributed by atoms with Gasteiger partial charge in [0.05, 0.1) is 17.2 Å². The molecule has 0 unspecified atom stereocenters. The first-order valence-corrected chi connectivity index (χ1v) is 5.91. The number of carbonyl (C=O) groups excluding carboxylic acids is 1. The number of benzene rings is 1. The van der Waals surface area contributed by atoms with Crippen molar-refractivity contribution in [2.75, 3.05) is 13.7 Å². The summed E-state index contributed by atoms with van der Waals surface area (Å²) in [5.74, 6) is -2.79. The summed E-state index contributed by atoms with van der Waals surface area (Å²) in [5.41, 5.74) is 0.333. The van der Waals surface area contributed by atoms with E-state index in [0.29, 0.717) is 11.3 Å². The molecule has 0 atom stereocenters. The number of methoxy groups -OCH3 is 1. The molecule has 17 heavy (non-hydrogen) atoms. The van der Waals surface area contributed by atoms with Gasteiger partial charge in [-0.15, -0.1) is 0 Å². The van der Waals surface area contributed by atoms with Crippen molar-refractivity contribution in [3.63, 3.8) is 0 Å². The lowest BCUT2D eigenvalue weighted by Gasteiger charge is -2.12. The molecule has 1 N–H and O–H groups in total. The van der Waals surface area contributed by atoms with E-state index in [1.54, 1.807) is 12.1 Å². The van der Waals surface area contributed by atoms with Crippen LogP contribution in [0.4, 0.5) is 8.78 Å². The summed E-state index contributed by atoms with van der Waals surface area (Å²) in [4.78, 5) is 11.6. The standard InChI is InChI=1S/C11H12F2INO2/c1-11(12,13)6-15-10(16)7-3-4-9(17-2)8(14)5-7/h3-5H,6H2,1-2H3,(H,15,16). The van der Waals surface area contributed by atoms with E-state index in [1.807, 2.05) is 22.6 Å². The van der Waals surface area contributed by atoms with E-state index in [-0.39, 0.29) is 0 Å². The third kappa shape index (κ3) is 4.45. The SMILES string of the molecule is COc1ccc(C(=O)NCC(C)(F)F)cc1I. The van der Waals surface area contributed by atoms with E-state index in [1.165, 1.54) is 13.2 Å². The molecule has 1 aromatic carbocycles. The smallest absolute Gasteiger partial charge is 0.262 e. The summed E-state index contributed by atoms with van der Waals surface area (Å²) in [5, 5.41) is 2.17. The second-order valence-corrected chi connectivity index (χ2v) is 4.76. The molecule has 0 radical (unpaired) electrons. The van der Waals surface area contributed by atoms with Crippen LogP contribution in [0.5, 0.6) is 5.75 Å². The van der Waals surface area contributed by atoms with E-state index in [0.717, 1.165) is 10.5 Å². The number of nitrogens with one attached hydrogen (secondary N) is 1. The Kier molecular flexibility index (Phi) is 4.67. The van der Waals surface area contributed by atoms with Gasteiger partial charge in [-0.25, -0.2) is 8.78 Å². The van der Waals surface area contributed by atoms with Crippen molar-refractivity contribution in [3.05, 3.63) is 27.3 Å². The Morgan fingerprint density at radius 1 is 1.53 bits per heavy atom. The van der Waals surface area contributed by atoms with Gasteiger partial charge in [0.15, 0.2) is 0 Å². The second kappa shape index (κ2) is 5.61. The summed E-state index contributed by atoms with van der Waals surface area (Å²) in [6.07, 6.45) is 0. The summed E-state index contributed by atoms with van der Waals surface area (Å²) >= 11 is 2.01. The maximum absolute atomic E-state index is 12.6. The van der Waals surface area contributed by atoms with Crippen LogP contribution in [-0.4, -0.2) is 25.5 Å². The molecule has 0 spiro atoms. The molecule has 1 amide bonds. The molecule has 0 aliphatic heterocycles. The molecule has 6 heteroatoms.